The molecular formula is C22H19NO2. The molecule has 0 aliphatic rings. The van der Waals surface area contributed by atoms with Gasteiger partial charge in [-0.3, -0.25) is 4.79 Å². The first kappa shape index (κ1) is 16.5. The number of ketones is 1. The highest BCUT2D eigenvalue weighted by Crippen LogP contribution is 2.24. The van der Waals surface area contributed by atoms with E-state index in [-0.39, 0.29) is 11.5 Å². The number of hydrogen-bond donors (Lipinski definition) is 2. The average molecular weight is 329 g/mol. The lowest BCUT2D eigenvalue weighted by molar-refractivity contribution is 0.104. The van der Waals surface area contributed by atoms with Crippen LogP contribution >= 0.6 is 0 Å². The smallest absolute Gasteiger partial charge is 0.187 e. The Morgan fingerprint density at radius 1 is 0.920 bits per heavy atom. The average Bonchev–Trinajstić information content (AvgIpc) is 2.64. The highest BCUT2D eigenvalue weighted by Gasteiger charge is 2.03. The number of allylic oxidation sites excluding steroid dienone is 1. The van der Waals surface area contributed by atoms with E-state index in [2.05, 4.69) is 5.32 Å². The summed E-state index contributed by atoms with van der Waals surface area (Å²) in [6.07, 6.45) is 2.99. The zero-order valence-electron chi connectivity index (χ0n) is 13.9. The third kappa shape index (κ3) is 4.15. The molecule has 0 saturated carbocycles. The summed E-state index contributed by atoms with van der Waals surface area (Å²) >= 11 is 0. The number of nitrogens with one attached hydrogen (secondary N) is 1. The van der Waals surface area contributed by atoms with Crippen LogP contribution in [0.2, 0.25) is 0 Å². The van der Waals surface area contributed by atoms with E-state index in [9.17, 15) is 9.90 Å². The Labute approximate surface area is 147 Å². The minimum absolute atomic E-state index is 0.0984. The number of aromatic hydroxyl groups is 1. The van der Waals surface area contributed by atoms with Crippen molar-refractivity contribution in [2.45, 2.75) is 6.92 Å². The second-order valence-electron chi connectivity index (χ2n) is 5.81. The highest BCUT2D eigenvalue weighted by atomic mass is 16.3. The first-order chi connectivity index (χ1) is 12.1. The van der Waals surface area contributed by atoms with Gasteiger partial charge in [0.1, 0.15) is 5.75 Å². The van der Waals surface area contributed by atoms with Crippen LogP contribution in [-0.2, 0) is 0 Å². The van der Waals surface area contributed by atoms with Crippen LogP contribution in [0.3, 0.4) is 0 Å². The Morgan fingerprint density at radius 2 is 1.60 bits per heavy atom. The summed E-state index contributed by atoms with van der Waals surface area (Å²) in [6, 6.07) is 22.9. The fourth-order valence-corrected chi connectivity index (χ4v) is 2.52. The van der Waals surface area contributed by atoms with Crippen LogP contribution in [0.25, 0.3) is 11.1 Å². The van der Waals surface area contributed by atoms with E-state index >= 15 is 0 Å². The zero-order chi connectivity index (χ0) is 17.6. The molecule has 3 rings (SSSR count). The maximum atomic E-state index is 12.2. The Bertz CT molecular complexity index is 897. The van der Waals surface area contributed by atoms with E-state index in [0.717, 1.165) is 16.7 Å². The van der Waals surface area contributed by atoms with Crippen LogP contribution in [-0.4, -0.2) is 10.9 Å². The fourth-order valence-electron chi connectivity index (χ4n) is 2.52. The molecule has 0 bridgehead atoms. The number of benzene rings is 3. The Morgan fingerprint density at radius 3 is 2.28 bits per heavy atom. The molecule has 3 aromatic rings. The van der Waals surface area contributed by atoms with Crippen LogP contribution in [0.5, 0.6) is 5.75 Å². The summed E-state index contributed by atoms with van der Waals surface area (Å²) in [5.74, 6) is 0.0584. The van der Waals surface area contributed by atoms with Crippen molar-refractivity contribution in [2.75, 3.05) is 5.32 Å². The molecule has 0 aromatic heterocycles. The van der Waals surface area contributed by atoms with Gasteiger partial charge < -0.3 is 10.4 Å². The maximum absolute atomic E-state index is 12.2. The molecule has 0 aliphatic carbocycles. The first-order valence-electron chi connectivity index (χ1n) is 8.06. The van der Waals surface area contributed by atoms with Gasteiger partial charge >= 0.3 is 0 Å². The van der Waals surface area contributed by atoms with Gasteiger partial charge in [-0.2, -0.15) is 0 Å². The van der Waals surface area contributed by atoms with Gasteiger partial charge in [-0.05, 0) is 35.7 Å². The van der Waals surface area contributed by atoms with Crippen LogP contribution < -0.4 is 5.32 Å². The monoisotopic (exact) mass is 329 g/mol. The molecule has 0 atom stereocenters. The minimum Gasteiger partial charge on any atom is -0.506 e. The van der Waals surface area contributed by atoms with Gasteiger partial charge in [-0.25, -0.2) is 0 Å². The molecule has 0 saturated heterocycles. The predicted molar refractivity (Wildman–Crippen MR) is 102 cm³/mol. The first-order valence-corrected chi connectivity index (χ1v) is 8.06. The van der Waals surface area contributed by atoms with Crippen molar-refractivity contribution in [1.82, 2.24) is 0 Å². The number of aryl methyl sites for hydroxylation is 1. The van der Waals surface area contributed by atoms with Crippen molar-refractivity contribution >= 4 is 11.5 Å². The van der Waals surface area contributed by atoms with Crippen molar-refractivity contribution in [2.24, 2.45) is 0 Å². The van der Waals surface area contributed by atoms with E-state index in [1.807, 2.05) is 67.6 Å². The largest absolute Gasteiger partial charge is 0.506 e. The van der Waals surface area contributed by atoms with E-state index in [1.165, 1.54) is 12.3 Å². The van der Waals surface area contributed by atoms with Crippen LogP contribution in [0, 0.1) is 6.92 Å². The summed E-state index contributed by atoms with van der Waals surface area (Å²) in [6.45, 7) is 1.90. The Hall–Kier alpha value is -3.33. The molecule has 3 aromatic carbocycles. The summed E-state index contributed by atoms with van der Waals surface area (Å²) in [7, 11) is 0. The number of anilines is 1. The molecule has 25 heavy (non-hydrogen) atoms. The lowest BCUT2D eigenvalue weighted by atomic mass is 10.0. The van der Waals surface area contributed by atoms with Gasteiger partial charge in [0.25, 0.3) is 0 Å². The van der Waals surface area contributed by atoms with Gasteiger partial charge in [0.15, 0.2) is 5.78 Å². The molecule has 2 N–H and O–H groups in total. The fraction of sp³-hybridized carbons (Fsp3) is 0.0455. The van der Waals surface area contributed by atoms with Crippen molar-refractivity contribution < 1.29 is 9.90 Å². The number of phenols is 1. The molecule has 3 heteroatoms. The van der Waals surface area contributed by atoms with E-state index in [4.69, 9.17) is 0 Å². The topological polar surface area (TPSA) is 49.3 Å². The molecule has 0 heterocycles. The maximum Gasteiger partial charge on any atom is 0.187 e. The van der Waals surface area contributed by atoms with Crippen molar-refractivity contribution in [3.63, 3.8) is 0 Å². The predicted octanol–water partition coefficient (Wildman–Crippen LogP) is 5.18. The highest BCUT2D eigenvalue weighted by molar-refractivity contribution is 6.04. The van der Waals surface area contributed by atoms with Crippen molar-refractivity contribution in [3.05, 3.63) is 96.2 Å². The summed E-state index contributed by atoms with van der Waals surface area (Å²) in [5, 5.41) is 12.8. The lowest BCUT2D eigenvalue weighted by Crippen LogP contribution is -1.96. The summed E-state index contributed by atoms with van der Waals surface area (Å²) in [5.41, 5.74) is 4.35. The van der Waals surface area contributed by atoms with Gasteiger partial charge in [0.05, 0.1) is 5.69 Å². The third-order valence-electron chi connectivity index (χ3n) is 3.90. The Balaban J connectivity index is 1.67. The SMILES string of the molecule is Cc1ccc(N/C=C/C(=O)c2ccc(-c3ccccc3)cc2)c(O)c1. The van der Waals surface area contributed by atoms with Crippen LogP contribution in [0.1, 0.15) is 15.9 Å². The normalized spacial score (nSPS) is 10.8. The number of rotatable bonds is 5. The number of phenolic OH excluding ortho intramolecular Hbond substituents is 1. The molecule has 124 valence electrons. The molecule has 0 unspecified atom stereocenters. The van der Waals surface area contributed by atoms with E-state index in [0.29, 0.717) is 11.3 Å². The van der Waals surface area contributed by atoms with E-state index < -0.39 is 0 Å². The standard InChI is InChI=1S/C22H19NO2/c1-16-7-12-20(22(25)15-16)23-14-13-21(24)19-10-8-18(9-11-19)17-5-3-2-4-6-17/h2-15,23,25H,1H3/b14-13+. The van der Waals surface area contributed by atoms with Crippen molar-refractivity contribution in [3.8, 4) is 16.9 Å². The Kier molecular flexibility index (Phi) is 4.95. The molecule has 0 amide bonds. The minimum atomic E-state index is -0.0984. The van der Waals surface area contributed by atoms with Crippen LogP contribution in [0.4, 0.5) is 5.69 Å². The second-order valence-corrected chi connectivity index (χ2v) is 5.81. The third-order valence-corrected chi connectivity index (χ3v) is 3.90. The summed E-state index contributed by atoms with van der Waals surface area (Å²) in [4.78, 5) is 12.2. The van der Waals surface area contributed by atoms with Gasteiger partial charge in [0, 0.05) is 17.8 Å². The number of hydrogen-bond acceptors (Lipinski definition) is 3. The summed E-state index contributed by atoms with van der Waals surface area (Å²) < 4.78 is 0. The van der Waals surface area contributed by atoms with Gasteiger partial charge in [-0.1, -0.05) is 60.7 Å². The molecule has 0 spiro atoms. The molecule has 0 radical (unpaired) electrons. The molecule has 0 aliphatic heterocycles. The molecule has 0 fully saturated rings. The quantitative estimate of drug-likeness (QED) is 0.385. The second kappa shape index (κ2) is 7.49. The van der Waals surface area contributed by atoms with Gasteiger partial charge in [0.2, 0.25) is 0 Å². The molecule has 3 nitrogen and oxygen atoms in total. The van der Waals surface area contributed by atoms with Gasteiger partial charge in [-0.15, -0.1) is 0 Å². The number of carbonyl (C=O) groups excluding carboxylic acids is 1. The van der Waals surface area contributed by atoms with E-state index in [1.54, 1.807) is 12.1 Å². The lowest BCUT2D eigenvalue weighted by Gasteiger charge is -2.05. The zero-order valence-corrected chi connectivity index (χ0v) is 13.9. The van der Waals surface area contributed by atoms with Crippen molar-refractivity contribution in [1.29, 1.82) is 0 Å². The molecular weight excluding hydrogens is 310 g/mol. The van der Waals surface area contributed by atoms with Crippen LogP contribution in [0.15, 0.2) is 85.1 Å². The number of carbonyl (C=O) groups is 1.